The average molecular weight is 504 g/mol. The summed E-state index contributed by atoms with van der Waals surface area (Å²) in [6.07, 6.45) is -2.01. The van der Waals surface area contributed by atoms with E-state index in [1.807, 2.05) is 0 Å². The SMILES string of the molecule is CCOC(=O)CCc1cc(C(=O)N(C)c2cnccc2-c2ccc(F)cc2OC)cc(C(F)(F)F)c1. The first kappa shape index (κ1) is 26.7. The van der Waals surface area contributed by atoms with Crippen LogP contribution in [-0.2, 0) is 22.1 Å². The Balaban J connectivity index is 2.01. The number of nitrogens with zero attached hydrogens (tertiary/aromatic N) is 2. The van der Waals surface area contributed by atoms with Crippen LogP contribution in [0.3, 0.4) is 0 Å². The highest BCUT2D eigenvalue weighted by Crippen LogP contribution is 2.37. The molecule has 2 aromatic carbocycles. The number of amides is 1. The molecule has 0 bridgehead atoms. The molecule has 0 saturated carbocycles. The van der Waals surface area contributed by atoms with Gasteiger partial charge in [-0.25, -0.2) is 4.39 Å². The topological polar surface area (TPSA) is 68.7 Å². The number of ether oxygens (including phenoxy) is 2. The zero-order valence-corrected chi connectivity index (χ0v) is 19.9. The molecule has 6 nitrogen and oxygen atoms in total. The van der Waals surface area contributed by atoms with Crippen LogP contribution in [0.4, 0.5) is 23.2 Å². The molecule has 0 aliphatic carbocycles. The quantitative estimate of drug-likeness (QED) is 0.291. The Kier molecular flexibility index (Phi) is 8.29. The van der Waals surface area contributed by atoms with Crippen molar-refractivity contribution in [2.24, 2.45) is 0 Å². The lowest BCUT2D eigenvalue weighted by Gasteiger charge is -2.22. The molecule has 0 unspecified atom stereocenters. The van der Waals surface area contributed by atoms with Crippen molar-refractivity contribution in [3.63, 3.8) is 0 Å². The van der Waals surface area contributed by atoms with Crippen molar-refractivity contribution in [3.8, 4) is 16.9 Å². The monoisotopic (exact) mass is 504 g/mol. The second kappa shape index (κ2) is 11.2. The highest BCUT2D eigenvalue weighted by molar-refractivity contribution is 6.08. The van der Waals surface area contributed by atoms with E-state index in [4.69, 9.17) is 9.47 Å². The van der Waals surface area contributed by atoms with Gasteiger partial charge in [0.15, 0.2) is 0 Å². The molecule has 0 fully saturated rings. The standard InChI is InChI=1S/C26H24F4N2O4/c1-4-36-24(33)8-5-16-11-17(13-18(12-16)26(28,29)30)25(34)32(2)22-15-31-10-9-20(22)21-7-6-19(27)14-23(21)35-3/h6-7,9-15H,4-5,8H2,1-3H3. The van der Waals surface area contributed by atoms with Crippen LogP contribution in [0.5, 0.6) is 5.75 Å². The van der Waals surface area contributed by atoms with E-state index in [0.29, 0.717) is 11.1 Å². The number of aromatic nitrogens is 1. The van der Waals surface area contributed by atoms with Crippen molar-refractivity contribution in [2.45, 2.75) is 25.9 Å². The molecule has 0 spiro atoms. The van der Waals surface area contributed by atoms with Crippen LogP contribution in [0, 0.1) is 5.82 Å². The molecule has 0 aliphatic heterocycles. The van der Waals surface area contributed by atoms with Gasteiger partial charge >= 0.3 is 12.1 Å². The third kappa shape index (κ3) is 6.18. The third-order valence-corrected chi connectivity index (χ3v) is 5.41. The van der Waals surface area contributed by atoms with Crippen molar-refractivity contribution in [1.82, 2.24) is 4.98 Å². The summed E-state index contributed by atoms with van der Waals surface area (Å²) in [7, 11) is 2.77. The highest BCUT2D eigenvalue weighted by Gasteiger charge is 2.32. The number of methoxy groups -OCH3 is 1. The number of halogens is 4. The first-order chi connectivity index (χ1) is 17.0. The summed E-state index contributed by atoms with van der Waals surface area (Å²) in [5.41, 5.74) is 0.153. The lowest BCUT2D eigenvalue weighted by atomic mass is 10.00. The van der Waals surface area contributed by atoms with E-state index in [2.05, 4.69) is 4.98 Å². The average Bonchev–Trinajstić information content (AvgIpc) is 2.86. The van der Waals surface area contributed by atoms with Crippen LogP contribution < -0.4 is 9.64 Å². The van der Waals surface area contributed by atoms with Crippen LogP contribution in [0.15, 0.2) is 54.9 Å². The molecule has 10 heteroatoms. The maximum Gasteiger partial charge on any atom is 0.416 e. The van der Waals surface area contributed by atoms with Crippen molar-refractivity contribution in [2.75, 3.05) is 25.7 Å². The Morgan fingerprint density at radius 2 is 1.81 bits per heavy atom. The maximum absolute atomic E-state index is 13.7. The molecule has 1 heterocycles. The smallest absolute Gasteiger partial charge is 0.416 e. The van der Waals surface area contributed by atoms with E-state index in [1.165, 1.54) is 50.8 Å². The van der Waals surface area contributed by atoms with Crippen LogP contribution >= 0.6 is 0 Å². The van der Waals surface area contributed by atoms with Gasteiger partial charge in [0.25, 0.3) is 5.91 Å². The van der Waals surface area contributed by atoms with Gasteiger partial charge in [-0.1, -0.05) is 0 Å². The number of hydrogen-bond acceptors (Lipinski definition) is 5. The lowest BCUT2D eigenvalue weighted by Crippen LogP contribution is -2.27. The van der Waals surface area contributed by atoms with Crippen LogP contribution in [-0.4, -0.2) is 37.6 Å². The summed E-state index contributed by atoms with van der Waals surface area (Å²) in [5, 5.41) is 0. The van der Waals surface area contributed by atoms with Gasteiger partial charge in [0.2, 0.25) is 0 Å². The van der Waals surface area contributed by atoms with Gasteiger partial charge in [0, 0.05) is 42.4 Å². The first-order valence-corrected chi connectivity index (χ1v) is 11.0. The molecule has 0 aliphatic rings. The Morgan fingerprint density at radius 1 is 1.06 bits per heavy atom. The van der Waals surface area contributed by atoms with Gasteiger partial charge < -0.3 is 14.4 Å². The number of benzene rings is 2. The van der Waals surface area contributed by atoms with Crippen molar-refractivity contribution < 1.29 is 36.6 Å². The lowest BCUT2D eigenvalue weighted by molar-refractivity contribution is -0.143. The van der Waals surface area contributed by atoms with E-state index < -0.39 is 29.4 Å². The minimum atomic E-state index is -4.70. The summed E-state index contributed by atoms with van der Waals surface area (Å²) in [5.74, 6) is -1.58. The minimum Gasteiger partial charge on any atom is -0.496 e. The number of aryl methyl sites for hydroxylation is 1. The molecule has 1 aromatic heterocycles. The molecule has 3 rings (SSSR count). The Labute approximate surface area is 205 Å². The fraction of sp³-hybridized carbons (Fsp3) is 0.269. The molecule has 1 amide bonds. The largest absolute Gasteiger partial charge is 0.496 e. The summed E-state index contributed by atoms with van der Waals surface area (Å²) in [6, 6.07) is 8.48. The normalized spacial score (nSPS) is 11.2. The van der Waals surface area contributed by atoms with E-state index >= 15 is 0 Å². The number of pyridine rings is 1. The molecular formula is C26H24F4N2O4. The molecule has 0 saturated heterocycles. The zero-order valence-electron chi connectivity index (χ0n) is 19.9. The van der Waals surface area contributed by atoms with E-state index in [9.17, 15) is 27.2 Å². The third-order valence-electron chi connectivity index (χ3n) is 5.41. The number of carbonyl (C=O) groups is 2. The molecule has 0 atom stereocenters. The predicted molar refractivity (Wildman–Crippen MR) is 125 cm³/mol. The first-order valence-electron chi connectivity index (χ1n) is 11.0. The Hall–Kier alpha value is -3.95. The summed E-state index contributed by atoms with van der Waals surface area (Å²) in [6.45, 7) is 1.78. The maximum atomic E-state index is 13.7. The number of alkyl halides is 3. The minimum absolute atomic E-state index is 0.0301. The number of rotatable bonds is 8. The van der Waals surface area contributed by atoms with Gasteiger partial charge in [-0.15, -0.1) is 0 Å². The van der Waals surface area contributed by atoms with E-state index in [0.717, 1.165) is 17.0 Å². The number of anilines is 1. The summed E-state index contributed by atoms with van der Waals surface area (Å²) < 4.78 is 64.6. The van der Waals surface area contributed by atoms with Crippen LogP contribution in [0.25, 0.3) is 11.1 Å². The van der Waals surface area contributed by atoms with Crippen molar-refractivity contribution >= 4 is 17.6 Å². The molecule has 190 valence electrons. The van der Waals surface area contributed by atoms with Crippen molar-refractivity contribution in [1.29, 1.82) is 0 Å². The Bertz CT molecular complexity index is 1260. The van der Waals surface area contributed by atoms with Gasteiger partial charge in [-0.3, -0.25) is 14.6 Å². The molecule has 0 radical (unpaired) electrons. The van der Waals surface area contributed by atoms with Gasteiger partial charge in [0.05, 0.1) is 31.2 Å². The fourth-order valence-corrected chi connectivity index (χ4v) is 3.67. The molecule has 3 aromatic rings. The van der Waals surface area contributed by atoms with Crippen LogP contribution in [0.2, 0.25) is 0 Å². The van der Waals surface area contributed by atoms with Gasteiger partial charge in [-0.05, 0) is 55.3 Å². The van der Waals surface area contributed by atoms with Crippen molar-refractivity contribution in [3.05, 3.63) is 77.4 Å². The summed E-state index contributed by atoms with van der Waals surface area (Å²) >= 11 is 0. The van der Waals surface area contributed by atoms with Gasteiger partial charge in [0.1, 0.15) is 11.6 Å². The van der Waals surface area contributed by atoms with Crippen LogP contribution in [0.1, 0.15) is 34.8 Å². The summed E-state index contributed by atoms with van der Waals surface area (Å²) in [4.78, 5) is 30.3. The van der Waals surface area contributed by atoms with E-state index in [-0.39, 0.29) is 42.0 Å². The second-order valence-corrected chi connectivity index (χ2v) is 7.82. The number of carbonyl (C=O) groups excluding carboxylic acids is 2. The molecule has 36 heavy (non-hydrogen) atoms. The fourth-order valence-electron chi connectivity index (χ4n) is 3.67. The number of hydrogen-bond donors (Lipinski definition) is 0. The molecule has 0 N–H and O–H groups in total. The highest BCUT2D eigenvalue weighted by atomic mass is 19.4. The van der Waals surface area contributed by atoms with Gasteiger partial charge in [-0.2, -0.15) is 13.2 Å². The number of esters is 1. The zero-order chi connectivity index (χ0) is 26.5. The van der Waals surface area contributed by atoms with E-state index in [1.54, 1.807) is 13.0 Å². The Morgan fingerprint density at radius 3 is 2.47 bits per heavy atom. The predicted octanol–water partition coefficient (Wildman–Crippen LogP) is 5.69. The molecular weight excluding hydrogens is 480 g/mol. The second-order valence-electron chi connectivity index (χ2n) is 7.82.